The highest BCUT2D eigenvalue weighted by Gasteiger charge is 2.48. The molecule has 292 valence electrons. The van der Waals surface area contributed by atoms with Crippen LogP contribution in [0.2, 0.25) is 0 Å². The summed E-state index contributed by atoms with van der Waals surface area (Å²) in [6.45, 7) is 7.02. The first kappa shape index (κ1) is 35.6. The second-order valence-electron chi connectivity index (χ2n) is 17.5. The van der Waals surface area contributed by atoms with Crippen molar-refractivity contribution in [3.8, 4) is 44.8 Å². The molecule has 1 aromatic heterocycles. The molecule has 0 bridgehead atoms. The topological polar surface area (TPSA) is 17.4 Å². The molecule has 3 heteroatoms. The molecule has 0 amide bonds. The SMILES string of the molecule is CC1(C)c2cc(N(c3ccc(-c4ccccc4)cc3)c3ccc(-c4ccc5c(c4)c4ccccc4n5-c4ccccc4)cc3)ccc2-c2c1ccc1c2O[C@H]2C=CC=CC12C. The Bertz CT molecular complexity index is 3240. The molecule has 0 fully saturated rings. The molecule has 2 aliphatic carbocycles. The highest BCUT2D eigenvalue weighted by atomic mass is 16.5. The summed E-state index contributed by atoms with van der Waals surface area (Å²) >= 11 is 0. The third-order valence-electron chi connectivity index (χ3n) is 13.7. The van der Waals surface area contributed by atoms with Gasteiger partial charge in [0.1, 0.15) is 11.9 Å². The van der Waals surface area contributed by atoms with Crippen LogP contribution >= 0.6 is 0 Å². The van der Waals surface area contributed by atoms with Gasteiger partial charge in [-0.25, -0.2) is 0 Å². The third kappa shape index (κ3) is 5.36. The fourth-order valence-electron chi connectivity index (χ4n) is 10.4. The van der Waals surface area contributed by atoms with Gasteiger partial charge in [0.2, 0.25) is 0 Å². The number of ether oxygens (including phenoxy) is 1. The summed E-state index contributed by atoms with van der Waals surface area (Å²) in [5.41, 5.74) is 17.7. The van der Waals surface area contributed by atoms with Crippen LogP contribution in [0.4, 0.5) is 17.1 Å². The normalized spacial score (nSPS) is 17.8. The van der Waals surface area contributed by atoms with Crippen molar-refractivity contribution in [2.24, 2.45) is 0 Å². The van der Waals surface area contributed by atoms with Crippen LogP contribution in [0.15, 0.2) is 206 Å². The lowest BCUT2D eigenvalue weighted by molar-refractivity contribution is 0.228. The number of para-hydroxylation sites is 2. The summed E-state index contributed by atoms with van der Waals surface area (Å²) < 4.78 is 9.21. The van der Waals surface area contributed by atoms with E-state index in [9.17, 15) is 0 Å². The van der Waals surface area contributed by atoms with E-state index in [4.69, 9.17) is 4.74 Å². The highest BCUT2D eigenvalue weighted by Crippen LogP contribution is 2.59. The summed E-state index contributed by atoms with van der Waals surface area (Å²) in [4.78, 5) is 2.40. The number of nitrogens with zero attached hydrogens (tertiary/aromatic N) is 2. The second kappa shape index (κ2) is 13.3. The Kier molecular flexibility index (Phi) is 7.77. The Morgan fingerprint density at radius 1 is 0.492 bits per heavy atom. The van der Waals surface area contributed by atoms with Crippen molar-refractivity contribution in [2.75, 3.05) is 4.90 Å². The zero-order valence-electron chi connectivity index (χ0n) is 34.5. The van der Waals surface area contributed by atoms with Crippen LogP contribution in [0.25, 0.3) is 60.9 Å². The largest absolute Gasteiger partial charge is 0.484 e. The van der Waals surface area contributed by atoms with Gasteiger partial charge in [0.15, 0.2) is 0 Å². The Labute approximate surface area is 357 Å². The van der Waals surface area contributed by atoms with Gasteiger partial charge in [-0.2, -0.15) is 0 Å². The van der Waals surface area contributed by atoms with Crippen LogP contribution in [0.1, 0.15) is 37.5 Å². The average molecular weight is 785 g/mol. The molecule has 8 aromatic carbocycles. The van der Waals surface area contributed by atoms with Crippen LogP contribution < -0.4 is 9.64 Å². The Balaban J connectivity index is 0.962. The molecule has 0 saturated heterocycles. The number of anilines is 3. The van der Waals surface area contributed by atoms with E-state index in [1.54, 1.807) is 0 Å². The predicted molar refractivity (Wildman–Crippen MR) is 254 cm³/mol. The molecule has 2 heterocycles. The summed E-state index contributed by atoms with van der Waals surface area (Å²) in [6.07, 6.45) is 8.77. The molecule has 3 aliphatic rings. The number of allylic oxidation sites excluding steroid dienone is 2. The monoisotopic (exact) mass is 784 g/mol. The lowest BCUT2D eigenvalue weighted by atomic mass is 9.75. The van der Waals surface area contributed by atoms with Gasteiger partial charge in [0.25, 0.3) is 0 Å². The number of hydrogen-bond donors (Lipinski definition) is 0. The first-order valence-corrected chi connectivity index (χ1v) is 21.4. The van der Waals surface area contributed by atoms with E-state index in [0.29, 0.717) is 0 Å². The molecule has 0 spiro atoms. The molecule has 0 saturated carbocycles. The molecule has 1 aliphatic heterocycles. The minimum absolute atomic E-state index is 0.000598. The van der Waals surface area contributed by atoms with Crippen molar-refractivity contribution in [1.29, 1.82) is 0 Å². The number of benzene rings is 8. The van der Waals surface area contributed by atoms with Gasteiger partial charge in [-0.1, -0.05) is 147 Å². The maximum atomic E-state index is 6.84. The fraction of sp³-hybridized carbons (Fsp3) is 0.103. The van der Waals surface area contributed by atoms with Gasteiger partial charge in [0.05, 0.1) is 16.4 Å². The second-order valence-corrected chi connectivity index (χ2v) is 17.5. The zero-order chi connectivity index (χ0) is 40.9. The highest BCUT2D eigenvalue weighted by molar-refractivity contribution is 6.10. The van der Waals surface area contributed by atoms with E-state index in [-0.39, 0.29) is 16.9 Å². The molecule has 2 atom stereocenters. The molecule has 9 aromatic rings. The summed E-state index contributed by atoms with van der Waals surface area (Å²) in [5, 5.41) is 2.50. The van der Waals surface area contributed by atoms with Gasteiger partial charge in [0, 0.05) is 50.1 Å². The number of fused-ring (bicyclic) bond motifs is 10. The quantitative estimate of drug-likeness (QED) is 0.167. The first-order chi connectivity index (χ1) is 29.9. The van der Waals surface area contributed by atoms with Gasteiger partial charge >= 0.3 is 0 Å². The maximum Gasteiger partial charge on any atom is 0.132 e. The van der Waals surface area contributed by atoms with Crippen molar-refractivity contribution >= 4 is 38.9 Å². The van der Waals surface area contributed by atoms with E-state index >= 15 is 0 Å². The minimum Gasteiger partial charge on any atom is -0.484 e. The molecule has 0 N–H and O–H groups in total. The van der Waals surface area contributed by atoms with Gasteiger partial charge < -0.3 is 14.2 Å². The standard InChI is InChI=1S/C58H44N2O/c1-57(2)49-32-33-50-56(61-54-20-12-13-35-58(50,54)3)55(49)47-31-30-45(37-51(47)57)59(43-26-21-39(22-27-43)38-14-6-4-7-15-38)44-28-23-40(24-29-44)41-25-34-53-48(36-41)46-18-10-11-19-52(46)60(53)42-16-8-5-9-17-42/h4-37,54H,1-3H3/t54-,58?/m0/s1. The van der Waals surface area contributed by atoms with E-state index in [1.165, 1.54) is 77.6 Å². The van der Waals surface area contributed by atoms with Crippen LogP contribution in [0.3, 0.4) is 0 Å². The van der Waals surface area contributed by atoms with Crippen molar-refractivity contribution in [3.63, 3.8) is 0 Å². The Hall–Kier alpha value is -7.36. The smallest absolute Gasteiger partial charge is 0.132 e. The molecule has 3 nitrogen and oxygen atoms in total. The van der Waals surface area contributed by atoms with Crippen molar-refractivity contribution < 1.29 is 4.74 Å². The predicted octanol–water partition coefficient (Wildman–Crippen LogP) is 15.0. The summed E-state index contributed by atoms with van der Waals surface area (Å²) in [7, 11) is 0. The Morgan fingerprint density at radius 2 is 1.10 bits per heavy atom. The van der Waals surface area contributed by atoms with Gasteiger partial charge in [-0.3, -0.25) is 0 Å². The number of rotatable bonds is 6. The van der Waals surface area contributed by atoms with Crippen LogP contribution in [-0.2, 0) is 10.8 Å². The third-order valence-corrected chi connectivity index (χ3v) is 13.7. The van der Waals surface area contributed by atoms with Crippen LogP contribution in [0, 0.1) is 0 Å². The van der Waals surface area contributed by atoms with E-state index in [1.807, 2.05) is 0 Å². The van der Waals surface area contributed by atoms with Gasteiger partial charge in [-0.15, -0.1) is 0 Å². The molecule has 0 radical (unpaired) electrons. The Morgan fingerprint density at radius 3 is 1.85 bits per heavy atom. The van der Waals surface area contributed by atoms with Crippen molar-refractivity contribution in [2.45, 2.75) is 37.7 Å². The molecule has 1 unspecified atom stereocenters. The van der Waals surface area contributed by atoms with E-state index in [2.05, 4.69) is 237 Å². The van der Waals surface area contributed by atoms with E-state index in [0.717, 1.165) is 22.8 Å². The average Bonchev–Trinajstić information content (AvgIpc) is 3.89. The first-order valence-electron chi connectivity index (χ1n) is 21.4. The minimum atomic E-state index is -0.214. The number of aromatic nitrogens is 1. The molecular weight excluding hydrogens is 741 g/mol. The molecule has 61 heavy (non-hydrogen) atoms. The number of hydrogen-bond acceptors (Lipinski definition) is 2. The lowest BCUT2D eigenvalue weighted by Gasteiger charge is -2.28. The maximum absolute atomic E-state index is 6.84. The lowest BCUT2D eigenvalue weighted by Crippen LogP contribution is -2.32. The van der Waals surface area contributed by atoms with Crippen LogP contribution in [-0.4, -0.2) is 10.7 Å². The van der Waals surface area contributed by atoms with Crippen molar-refractivity contribution in [1.82, 2.24) is 4.57 Å². The van der Waals surface area contributed by atoms with Gasteiger partial charge in [-0.05, 0) is 119 Å². The summed E-state index contributed by atoms with van der Waals surface area (Å²) in [6, 6.07) is 66.7. The van der Waals surface area contributed by atoms with Crippen LogP contribution in [0.5, 0.6) is 5.75 Å². The zero-order valence-corrected chi connectivity index (χ0v) is 34.5. The van der Waals surface area contributed by atoms with Crippen molar-refractivity contribution in [3.05, 3.63) is 223 Å². The molecular formula is C58H44N2O. The fourth-order valence-corrected chi connectivity index (χ4v) is 10.4. The van der Waals surface area contributed by atoms with E-state index < -0.39 is 0 Å². The molecule has 12 rings (SSSR count). The summed E-state index contributed by atoms with van der Waals surface area (Å²) in [5.74, 6) is 1.03.